The standard InChI is InChI=1S/C19H19N3O3/c1-12-8-9-15(13(2)10-12)20-17(23)11-22-16-7-5-4-6-14(16)18(24)21(3)19(22)25/h4-10H,11H2,1-3H3,(H,20,23). The molecule has 0 fully saturated rings. The third-order valence-electron chi connectivity index (χ3n) is 4.21. The van der Waals surface area contributed by atoms with Crippen molar-refractivity contribution in [3.05, 3.63) is 74.4 Å². The van der Waals surface area contributed by atoms with Crippen LogP contribution < -0.4 is 16.6 Å². The van der Waals surface area contributed by atoms with E-state index in [9.17, 15) is 14.4 Å². The lowest BCUT2D eigenvalue weighted by atomic mass is 10.1. The lowest BCUT2D eigenvalue weighted by Gasteiger charge is -2.13. The number of amides is 1. The second kappa shape index (κ2) is 6.39. The second-order valence-corrected chi connectivity index (χ2v) is 6.12. The molecule has 0 bridgehead atoms. The van der Waals surface area contributed by atoms with E-state index in [0.717, 1.165) is 15.7 Å². The van der Waals surface area contributed by atoms with Crippen LogP contribution in [0.2, 0.25) is 0 Å². The van der Waals surface area contributed by atoms with Crippen LogP contribution in [-0.2, 0) is 18.4 Å². The normalized spacial score (nSPS) is 10.8. The van der Waals surface area contributed by atoms with E-state index in [4.69, 9.17) is 0 Å². The van der Waals surface area contributed by atoms with Gasteiger partial charge in [-0.3, -0.25) is 18.7 Å². The number of aromatic nitrogens is 2. The molecule has 1 amide bonds. The Bertz CT molecular complexity index is 1090. The number of benzene rings is 2. The Hall–Kier alpha value is -3.15. The number of carbonyl (C=O) groups excluding carboxylic acids is 1. The van der Waals surface area contributed by atoms with E-state index in [0.29, 0.717) is 16.6 Å². The number of carbonyl (C=O) groups is 1. The number of nitrogens with one attached hydrogen (secondary N) is 1. The summed E-state index contributed by atoms with van der Waals surface area (Å²) in [4.78, 5) is 37.1. The number of fused-ring (bicyclic) bond motifs is 1. The first-order valence-corrected chi connectivity index (χ1v) is 7.94. The van der Waals surface area contributed by atoms with Gasteiger partial charge in [0.1, 0.15) is 6.54 Å². The van der Waals surface area contributed by atoms with Crippen molar-refractivity contribution in [2.45, 2.75) is 20.4 Å². The summed E-state index contributed by atoms with van der Waals surface area (Å²) in [5.41, 5.74) is 2.33. The highest BCUT2D eigenvalue weighted by Crippen LogP contribution is 2.16. The number of para-hydroxylation sites is 1. The van der Waals surface area contributed by atoms with Crippen LogP contribution in [0.4, 0.5) is 5.69 Å². The molecule has 0 aliphatic carbocycles. The summed E-state index contributed by atoms with van der Waals surface area (Å²) in [5, 5.41) is 3.23. The van der Waals surface area contributed by atoms with Crippen LogP contribution in [0.15, 0.2) is 52.1 Å². The third-order valence-corrected chi connectivity index (χ3v) is 4.21. The van der Waals surface area contributed by atoms with E-state index < -0.39 is 5.69 Å². The van der Waals surface area contributed by atoms with Crippen molar-refractivity contribution in [2.75, 3.05) is 5.32 Å². The third kappa shape index (κ3) is 3.10. The largest absolute Gasteiger partial charge is 0.331 e. The van der Waals surface area contributed by atoms with E-state index in [1.807, 2.05) is 32.0 Å². The van der Waals surface area contributed by atoms with Gasteiger partial charge in [0.2, 0.25) is 5.91 Å². The molecule has 0 radical (unpaired) electrons. The van der Waals surface area contributed by atoms with Gasteiger partial charge in [-0.1, -0.05) is 29.8 Å². The SMILES string of the molecule is Cc1ccc(NC(=O)Cn2c(=O)n(C)c(=O)c3ccccc32)c(C)c1. The minimum absolute atomic E-state index is 0.166. The molecule has 1 N–H and O–H groups in total. The fourth-order valence-corrected chi connectivity index (χ4v) is 2.88. The summed E-state index contributed by atoms with van der Waals surface area (Å²) in [6.45, 7) is 3.73. The zero-order valence-corrected chi connectivity index (χ0v) is 14.4. The summed E-state index contributed by atoms with van der Waals surface area (Å²) >= 11 is 0. The summed E-state index contributed by atoms with van der Waals surface area (Å²) in [6, 6.07) is 12.5. The molecule has 25 heavy (non-hydrogen) atoms. The molecule has 6 heteroatoms. The Morgan fingerprint density at radius 3 is 2.52 bits per heavy atom. The monoisotopic (exact) mass is 337 g/mol. The van der Waals surface area contributed by atoms with Crippen molar-refractivity contribution in [1.29, 1.82) is 0 Å². The summed E-state index contributed by atoms with van der Waals surface area (Å²) in [5.74, 6) is -0.321. The molecule has 0 atom stereocenters. The fourth-order valence-electron chi connectivity index (χ4n) is 2.88. The molecule has 128 valence electrons. The van der Waals surface area contributed by atoms with E-state index in [-0.39, 0.29) is 18.0 Å². The molecule has 2 aromatic carbocycles. The Kier molecular flexibility index (Phi) is 4.27. The number of aryl methyl sites for hydroxylation is 2. The summed E-state index contributed by atoms with van der Waals surface area (Å²) < 4.78 is 2.34. The Balaban J connectivity index is 1.99. The van der Waals surface area contributed by atoms with Crippen molar-refractivity contribution in [1.82, 2.24) is 9.13 Å². The van der Waals surface area contributed by atoms with Crippen molar-refractivity contribution in [3.63, 3.8) is 0 Å². The molecule has 6 nitrogen and oxygen atoms in total. The van der Waals surface area contributed by atoms with Gasteiger partial charge in [-0.25, -0.2) is 4.79 Å². The van der Waals surface area contributed by atoms with Gasteiger partial charge in [-0.15, -0.1) is 0 Å². The van der Waals surface area contributed by atoms with Gasteiger partial charge in [0.05, 0.1) is 10.9 Å². The predicted molar refractivity (Wildman–Crippen MR) is 98.0 cm³/mol. The van der Waals surface area contributed by atoms with E-state index in [1.54, 1.807) is 24.3 Å². The van der Waals surface area contributed by atoms with Crippen LogP contribution in [0.25, 0.3) is 10.9 Å². The fraction of sp³-hybridized carbons (Fsp3) is 0.211. The van der Waals surface area contributed by atoms with Crippen LogP contribution in [0, 0.1) is 13.8 Å². The molecule has 0 spiro atoms. The zero-order valence-electron chi connectivity index (χ0n) is 14.4. The van der Waals surface area contributed by atoms with Crippen LogP contribution in [0.1, 0.15) is 11.1 Å². The van der Waals surface area contributed by atoms with Gasteiger partial charge in [-0.05, 0) is 37.6 Å². The van der Waals surface area contributed by atoms with Gasteiger partial charge in [0.25, 0.3) is 5.56 Å². The zero-order chi connectivity index (χ0) is 18.1. The summed E-state index contributed by atoms with van der Waals surface area (Å²) in [7, 11) is 1.41. The molecule has 0 aliphatic heterocycles. The number of anilines is 1. The van der Waals surface area contributed by atoms with E-state index in [2.05, 4.69) is 5.32 Å². The van der Waals surface area contributed by atoms with Crippen LogP contribution >= 0.6 is 0 Å². The minimum atomic E-state index is -0.514. The quantitative estimate of drug-likeness (QED) is 0.794. The van der Waals surface area contributed by atoms with Gasteiger partial charge >= 0.3 is 5.69 Å². The van der Waals surface area contributed by atoms with Crippen LogP contribution in [-0.4, -0.2) is 15.0 Å². The molecular weight excluding hydrogens is 318 g/mol. The number of hydrogen-bond acceptors (Lipinski definition) is 3. The molecule has 0 saturated carbocycles. The Labute approximate surface area is 144 Å². The van der Waals surface area contributed by atoms with Gasteiger partial charge < -0.3 is 5.32 Å². The lowest BCUT2D eigenvalue weighted by molar-refractivity contribution is -0.116. The molecule has 0 aliphatic rings. The Morgan fingerprint density at radius 1 is 1.08 bits per heavy atom. The summed E-state index contributed by atoms with van der Waals surface area (Å²) in [6.07, 6.45) is 0. The van der Waals surface area contributed by atoms with Crippen molar-refractivity contribution < 1.29 is 4.79 Å². The van der Waals surface area contributed by atoms with Crippen molar-refractivity contribution in [3.8, 4) is 0 Å². The number of nitrogens with zero attached hydrogens (tertiary/aromatic N) is 2. The predicted octanol–water partition coefficient (Wildman–Crippen LogP) is 1.96. The molecule has 3 rings (SSSR count). The van der Waals surface area contributed by atoms with E-state index in [1.165, 1.54) is 11.6 Å². The lowest BCUT2D eigenvalue weighted by Crippen LogP contribution is -2.40. The van der Waals surface area contributed by atoms with Gasteiger partial charge in [0.15, 0.2) is 0 Å². The molecule has 0 saturated heterocycles. The highest BCUT2D eigenvalue weighted by atomic mass is 16.2. The number of hydrogen-bond donors (Lipinski definition) is 1. The average Bonchev–Trinajstić information content (AvgIpc) is 2.59. The number of rotatable bonds is 3. The van der Waals surface area contributed by atoms with Crippen molar-refractivity contribution >= 4 is 22.5 Å². The maximum atomic E-state index is 12.5. The van der Waals surface area contributed by atoms with Crippen molar-refractivity contribution in [2.24, 2.45) is 7.05 Å². The second-order valence-electron chi connectivity index (χ2n) is 6.12. The topological polar surface area (TPSA) is 73.1 Å². The Morgan fingerprint density at radius 2 is 1.80 bits per heavy atom. The van der Waals surface area contributed by atoms with Gasteiger partial charge in [-0.2, -0.15) is 0 Å². The molecule has 3 aromatic rings. The minimum Gasteiger partial charge on any atom is -0.324 e. The smallest absolute Gasteiger partial charge is 0.324 e. The van der Waals surface area contributed by atoms with Crippen LogP contribution in [0.3, 0.4) is 0 Å². The maximum absolute atomic E-state index is 12.5. The first kappa shape index (κ1) is 16.7. The maximum Gasteiger partial charge on any atom is 0.331 e. The van der Waals surface area contributed by atoms with Crippen LogP contribution in [0.5, 0.6) is 0 Å². The average molecular weight is 337 g/mol. The molecule has 0 unspecified atom stereocenters. The van der Waals surface area contributed by atoms with E-state index >= 15 is 0 Å². The highest BCUT2D eigenvalue weighted by Gasteiger charge is 2.13. The first-order valence-electron chi connectivity index (χ1n) is 7.94. The molecular formula is C19H19N3O3. The highest BCUT2D eigenvalue weighted by molar-refractivity contribution is 5.92. The molecule has 1 heterocycles. The van der Waals surface area contributed by atoms with Gasteiger partial charge in [0, 0.05) is 12.7 Å². The first-order chi connectivity index (χ1) is 11.9. The molecule has 1 aromatic heterocycles.